The van der Waals surface area contributed by atoms with Crippen LogP contribution in [0.5, 0.6) is 0 Å². The molecule has 1 fully saturated rings. The quantitative estimate of drug-likeness (QED) is 0.787. The molecule has 3 rings (SSSR count). The maximum absolute atomic E-state index is 12.2. The largest absolute Gasteiger partial charge is 0.299 e. The Morgan fingerprint density at radius 2 is 1.88 bits per heavy atom. The number of benzene rings is 1. The van der Waals surface area contributed by atoms with Gasteiger partial charge >= 0.3 is 0 Å². The van der Waals surface area contributed by atoms with Gasteiger partial charge in [0.1, 0.15) is 5.78 Å². The number of nitrogens with zero attached hydrogens (tertiary/aromatic N) is 1. The molecule has 2 aromatic rings. The van der Waals surface area contributed by atoms with Gasteiger partial charge in [0.2, 0.25) is 10.0 Å². The molecule has 1 heterocycles. The standard InChI is InChI=1S/C19H22N2O3S/c22-18(9-6-16-3-2-12-20-14-16)13-15-7-10-19(11-8-15)25(23,24)21-17-4-1-5-17/h2-3,7-8,10-12,14,17,21H,1,4-6,9,13H2. The van der Waals surface area contributed by atoms with Gasteiger partial charge in [-0.15, -0.1) is 0 Å². The minimum atomic E-state index is -3.45. The van der Waals surface area contributed by atoms with E-state index in [1.807, 2.05) is 12.1 Å². The molecule has 0 bridgehead atoms. The number of carbonyl (C=O) groups excluding carboxylic acids is 1. The molecule has 0 spiro atoms. The molecular formula is C19H22N2O3S. The Balaban J connectivity index is 1.54. The monoisotopic (exact) mass is 358 g/mol. The average Bonchev–Trinajstić information content (AvgIpc) is 2.58. The molecule has 132 valence electrons. The molecule has 0 amide bonds. The van der Waals surface area contributed by atoms with Gasteiger partial charge in [0.05, 0.1) is 4.90 Å². The number of Topliss-reactive ketones (excluding diaryl/α,β-unsaturated/α-hetero) is 1. The van der Waals surface area contributed by atoms with Crippen molar-refractivity contribution in [2.45, 2.75) is 49.5 Å². The SMILES string of the molecule is O=C(CCc1cccnc1)Cc1ccc(S(=O)(=O)NC2CCC2)cc1. The summed E-state index contributed by atoms with van der Waals surface area (Å²) < 4.78 is 27.2. The zero-order valence-electron chi connectivity index (χ0n) is 14.0. The highest BCUT2D eigenvalue weighted by Gasteiger charge is 2.24. The fourth-order valence-corrected chi connectivity index (χ4v) is 4.05. The molecular weight excluding hydrogens is 336 g/mol. The summed E-state index contributed by atoms with van der Waals surface area (Å²) in [5.41, 5.74) is 1.87. The Labute approximate surface area is 148 Å². The van der Waals surface area contributed by atoms with Crippen molar-refractivity contribution >= 4 is 15.8 Å². The van der Waals surface area contributed by atoms with Crippen LogP contribution in [-0.2, 0) is 27.7 Å². The van der Waals surface area contributed by atoms with Crippen LogP contribution < -0.4 is 4.72 Å². The van der Waals surface area contributed by atoms with Crippen molar-refractivity contribution in [3.8, 4) is 0 Å². The van der Waals surface area contributed by atoms with E-state index in [0.717, 1.165) is 30.4 Å². The molecule has 1 aliphatic rings. The number of rotatable bonds is 8. The van der Waals surface area contributed by atoms with Crippen molar-refractivity contribution in [2.75, 3.05) is 0 Å². The van der Waals surface area contributed by atoms with E-state index in [1.165, 1.54) is 0 Å². The third-order valence-electron chi connectivity index (χ3n) is 4.48. The Hall–Kier alpha value is -2.05. The van der Waals surface area contributed by atoms with Crippen molar-refractivity contribution < 1.29 is 13.2 Å². The number of sulfonamides is 1. The van der Waals surface area contributed by atoms with Crippen molar-refractivity contribution in [1.82, 2.24) is 9.71 Å². The number of carbonyl (C=O) groups is 1. The summed E-state index contributed by atoms with van der Waals surface area (Å²) in [6, 6.07) is 10.5. The van der Waals surface area contributed by atoms with Gasteiger partial charge in [0.15, 0.2) is 0 Å². The highest BCUT2D eigenvalue weighted by atomic mass is 32.2. The van der Waals surface area contributed by atoms with Gasteiger partial charge in [-0.2, -0.15) is 0 Å². The Morgan fingerprint density at radius 3 is 2.48 bits per heavy atom. The average molecular weight is 358 g/mol. The highest BCUT2D eigenvalue weighted by Crippen LogP contribution is 2.21. The van der Waals surface area contributed by atoms with E-state index < -0.39 is 10.0 Å². The van der Waals surface area contributed by atoms with E-state index in [-0.39, 0.29) is 16.7 Å². The number of ketones is 1. The van der Waals surface area contributed by atoms with Gasteiger partial charge in [0, 0.05) is 31.3 Å². The van der Waals surface area contributed by atoms with Gasteiger partial charge in [-0.05, 0) is 48.6 Å². The first-order valence-corrected chi connectivity index (χ1v) is 10.0. The molecule has 0 radical (unpaired) electrons. The molecule has 25 heavy (non-hydrogen) atoms. The van der Waals surface area contributed by atoms with Crippen LogP contribution in [0.3, 0.4) is 0 Å². The molecule has 1 aromatic heterocycles. The van der Waals surface area contributed by atoms with E-state index in [4.69, 9.17) is 0 Å². The van der Waals surface area contributed by atoms with Crippen molar-refractivity contribution in [1.29, 1.82) is 0 Å². The first kappa shape index (κ1) is 17.8. The molecule has 0 unspecified atom stereocenters. The van der Waals surface area contributed by atoms with Crippen molar-refractivity contribution in [3.63, 3.8) is 0 Å². The molecule has 1 aromatic carbocycles. The summed E-state index contributed by atoms with van der Waals surface area (Å²) in [6.07, 6.45) is 7.80. The van der Waals surface area contributed by atoms with Crippen LogP contribution in [0.15, 0.2) is 53.7 Å². The molecule has 0 atom stereocenters. The lowest BCUT2D eigenvalue weighted by Crippen LogP contribution is -2.39. The summed E-state index contributed by atoms with van der Waals surface area (Å²) in [6.45, 7) is 0. The van der Waals surface area contributed by atoms with E-state index in [1.54, 1.807) is 36.7 Å². The van der Waals surface area contributed by atoms with E-state index >= 15 is 0 Å². The van der Waals surface area contributed by atoms with Gasteiger partial charge in [-0.25, -0.2) is 13.1 Å². The van der Waals surface area contributed by atoms with E-state index in [0.29, 0.717) is 19.3 Å². The summed E-state index contributed by atoms with van der Waals surface area (Å²) in [5, 5.41) is 0. The predicted octanol–water partition coefficient (Wildman–Crippen LogP) is 2.66. The zero-order valence-corrected chi connectivity index (χ0v) is 14.8. The molecule has 5 nitrogen and oxygen atoms in total. The van der Waals surface area contributed by atoms with Crippen LogP contribution in [0.4, 0.5) is 0 Å². The Kier molecular flexibility index (Phi) is 5.60. The molecule has 1 saturated carbocycles. The van der Waals surface area contributed by atoms with Gasteiger partial charge < -0.3 is 0 Å². The normalized spacial score (nSPS) is 14.9. The second kappa shape index (κ2) is 7.89. The molecule has 6 heteroatoms. The van der Waals surface area contributed by atoms with Crippen molar-refractivity contribution in [2.24, 2.45) is 0 Å². The molecule has 0 aliphatic heterocycles. The number of aromatic nitrogens is 1. The minimum Gasteiger partial charge on any atom is -0.299 e. The highest BCUT2D eigenvalue weighted by molar-refractivity contribution is 7.89. The summed E-state index contributed by atoms with van der Waals surface area (Å²) in [4.78, 5) is 16.4. The van der Waals surface area contributed by atoms with E-state index in [2.05, 4.69) is 9.71 Å². The molecule has 1 N–H and O–H groups in total. The topological polar surface area (TPSA) is 76.1 Å². The first-order chi connectivity index (χ1) is 12.0. The van der Waals surface area contributed by atoms with Gasteiger partial charge in [-0.3, -0.25) is 9.78 Å². The number of hydrogen-bond acceptors (Lipinski definition) is 4. The third kappa shape index (κ3) is 4.96. The maximum atomic E-state index is 12.2. The van der Waals surface area contributed by atoms with Crippen LogP contribution >= 0.6 is 0 Å². The second-order valence-corrected chi connectivity index (χ2v) is 8.18. The number of aryl methyl sites for hydroxylation is 1. The summed E-state index contributed by atoms with van der Waals surface area (Å²) in [7, 11) is -3.45. The van der Waals surface area contributed by atoms with Crippen LogP contribution in [-0.4, -0.2) is 25.2 Å². The van der Waals surface area contributed by atoms with Crippen LogP contribution in [0.2, 0.25) is 0 Å². The lowest BCUT2D eigenvalue weighted by atomic mass is 9.94. The lowest BCUT2D eigenvalue weighted by Gasteiger charge is -2.26. The van der Waals surface area contributed by atoms with Gasteiger partial charge in [0.25, 0.3) is 0 Å². The number of hydrogen-bond donors (Lipinski definition) is 1. The second-order valence-electron chi connectivity index (χ2n) is 6.47. The number of pyridine rings is 1. The third-order valence-corrected chi connectivity index (χ3v) is 6.01. The summed E-state index contributed by atoms with van der Waals surface area (Å²) >= 11 is 0. The smallest absolute Gasteiger partial charge is 0.240 e. The fraction of sp³-hybridized carbons (Fsp3) is 0.368. The number of nitrogens with one attached hydrogen (secondary N) is 1. The van der Waals surface area contributed by atoms with Crippen LogP contribution in [0, 0.1) is 0 Å². The first-order valence-electron chi connectivity index (χ1n) is 8.55. The predicted molar refractivity (Wildman–Crippen MR) is 95.7 cm³/mol. The molecule has 1 aliphatic carbocycles. The Bertz CT molecular complexity index is 814. The summed E-state index contributed by atoms with van der Waals surface area (Å²) in [5.74, 6) is 0.132. The fourth-order valence-electron chi connectivity index (χ4n) is 2.75. The minimum absolute atomic E-state index is 0.0683. The lowest BCUT2D eigenvalue weighted by molar-refractivity contribution is -0.118. The van der Waals surface area contributed by atoms with Gasteiger partial charge in [-0.1, -0.05) is 24.6 Å². The molecule has 0 saturated heterocycles. The van der Waals surface area contributed by atoms with Crippen LogP contribution in [0.25, 0.3) is 0 Å². The zero-order chi connectivity index (χ0) is 17.7. The van der Waals surface area contributed by atoms with E-state index in [9.17, 15) is 13.2 Å². The Morgan fingerprint density at radius 1 is 1.12 bits per heavy atom. The maximum Gasteiger partial charge on any atom is 0.240 e. The van der Waals surface area contributed by atoms with Crippen LogP contribution in [0.1, 0.15) is 36.8 Å². The van der Waals surface area contributed by atoms with Crippen molar-refractivity contribution in [3.05, 3.63) is 59.9 Å².